The molecule has 0 atom stereocenters. The Kier molecular flexibility index (Phi) is 4.29. The van der Waals surface area contributed by atoms with Crippen LogP contribution in [0.5, 0.6) is 5.75 Å². The number of nitrogens with two attached hydrogens (primary N) is 1. The molecule has 106 valence electrons. The Labute approximate surface area is 115 Å². The first kappa shape index (κ1) is 14.4. The standard InChI is InChI=1S/C15H14F3NO/c16-13-7-4-8-14(12(13)9-19)20-10-15(17,18)11-5-2-1-3-6-11/h1-8H,9-10,19H2. The van der Waals surface area contributed by atoms with E-state index in [4.69, 9.17) is 10.5 Å². The van der Waals surface area contributed by atoms with E-state index in [0.29, 0.717) is 0 Å². The molecule has 2 nitrogen and oxygen atoms in total. The lowest BCUT2D eigenvalue weighted by Crippen LogP contribution is -2.23. The van der Waals surface area contributed by atoms with Gasteiger partial charge in [-0.05, 0) is 12.1 Å². The van der Waals surface area contributed by atoms with E-state index in [1.165, 1.54) is 42.5 Å². The van der Waals surface area contributed by atoms with Gasteiger partial charge in [-0.3, -0.25) is 0 Å². The molecule has 0 saturated heterocycles. The average molecular weight is 281 g/mol. The van der Waals surface area contributed by atoms with Crippen molar-refractivity contribution >= 4 is 0 Å². The Morgan fingerprint density at radius 3 is 2.35 bits per heavy atom. The van der Waals surface area contributed by atoms with E-state index in [9.17, 15) is 13.2 Å². The van der Waals surface area contributed by atoms with Gasteiger partial charge in [-0.1, -0.05) is 36.4 Å². The normalized spacial score (nSPS) is 11.4. The molecule has 0 fully saturated rings. The molecule has 0 unspecified atom stereocenters. The maximum Gasteiger partial charge on any atom is 0.306 e. The second-order valence-electron chi connectivity index (χ2n) is 4.28. The van der Waals surface area contributed by atoms with E-state index < -0.39 is 18.3 Å². The fourth-order valence-electron chi connectivity index (χ4n) is 1.81. The highest BCUT2D eigenvalue weighted by Gasteiger charge is 2.32. The molecule has 0 aliphatic rings. The van der Waals surface area contributed by atoms with Crippen molar-refractivity contribution in [2.45, 2.75) is 12.5 Å². The molecule has 2 N–H and O–H groups in total. The van der Waals surface area contributed by atoms with Crippen molar-refractivity contribution < 1.29 is 17.9 Å². The Balaban J connectivity index is 2.15. The van der Waals surface area contributed by atoms with E-state index in [1.54, 1.807) is 6.07 Å². The molecular weight excluding hydrogens is 267 g/mol. The lowest BCUT2D eigenvalue weighted by atomic mass is 10.1. The summed E-state index contributed by atoms with van der Waals surface area (Å²) in [5.41, 5.74) is 5.34. The first-order chi connectivity index (χ1) is 9.54. The first-order valence-corrected chi connectivity index (χ1v) is 6.08. The van der Waals surface area contributed by atoms with Crippen LogP contribution in [0, 0.1) is 5.82 Å². The smallest absolute Gasteiger partial charge is 0.306 e. The first-order valence-electron chi connectivity index (χ1n) is 6.08. The van der Waals surface area contributed by atoms with E-state index in [2.05, 4.69) is 0 Å². The van der Waals surface area contributed by atoms with Crippen molar-refractivity contribution in [2.24, 2.45) is 5.73 Å². The Bertz CT molecular complexity index is 573. The molecule has 20 heavy (non-hydrogen) atoms. The van der Waals surface area contributed by atoms with Crippen molar-refractivity contribution in [3.63, 3.8) is 0 Å². The predicted octanol–water partition coefficient (Wildman–Crippen LogP) is 3.46. The minimum atomic E-state index is -3.15. The summed E-state index contributed by atoms with van der Waals surface area (Å²) in [7, 11) is 0. The van der Waals surface area contributed by atoms with Crippen LogP contribution in [-0.2, 0) is 12.5 Å². The summed E-state index contributed by atoms with van der Waals surface area (Å²) < 4.78 is 46.4. The molecule has 0 aliphatic heterocycles. The summed E-state index contributed by atoms with van der Waals surface area (Å²) in [5.74, 6) is -3.67. The van der Waals surface area contributed by atoms with Gasteiger partial charge in [-0.15, -0.1) is 0 Å². The second-order valence-corrected chi connectivity index (χ2v) is 4.28. The number of halogens is 3. The van der Waals surface area contributed by atoms with Crippen LogP contribution in [0.1, 0.15) is 11.1 Å². The molecule has 2 aromatic carbocycles. The summed E-state index contributed by atoms with van der Waals surface area (Å²) in [6.45, 7) is -0.980. The van der Waals surface area contributed by atoms with E-state index in [1.807, 2.05) is 0 Å². The van der Waals surface area contributed by atoms with Gasteiger partial charge in [0.2, 0.25) is 0 Å². The maximum absolute atomic E-state index is 13.9. The molecule has 0 heterocycles. The van der Waals surface area contributed by atoms with Crippen LogP contribution in [0.2, 0.25) is 0 Å². The molecule has 2 aromatic rings. The van der Waals surface area contributed by atoms with Crippen LogP contribution in [0.3, 0.4) is 0 Å². The third-order valence-corrected chi connectivity index (χ3v) is 2.89. The van der Waals surface area contributed by atoms with Crippen molar-refractivity contribution in [3.8, 4) is 5.75 Å². The van der Waals surface area contributed by atoms with E-state index in [-0.39, 0.29) is 23.4 Å². The average Bonchev–Trinajstić information content (AvgIpc) is 2.46. The van der Waals surface area contributed by atoms with Crippen molar-refractivity contribution in [1.29, 1.82) is 0 Å². The molecule has 5 heteroatoms. The Morgan fingerprint density at radius 1 is 1.00 bits per heavy atom. The lowest BCUT2D eigenvalue weighted by Gasteiger charge is -2.18. The van der Waals surface area contributed by atoms with Crippen LogP contribution in [-0.4, -0.2) is 6.61 Å². The lowest BCUT2D eigenvalue weighted by molar-refractivity contribution is -0.0470. The number of ether oxygens (including phenoxy) is 1. The van der Waals surface area contributed by atoms with Crippen molar-refractivity contribution in [1.82, 2.24) is 0 Å². The number of hydrogen-bond acceptors (Lipinski definition) is 2. The number of hydrogen-bond donors (Lipinski definition) is 1. The van der Waals surface area contributed by atoms with Gasteiger partial charge in [0.25, 0.3) is 0 Å². The Morgan fingerprint density at radius 2 is 1.70 bits per heavy atom. The molecular formula is C15H14F3NO. The summed E-state index contributed by atoms with van der Waals surface area (Å²) in [5, 5.41) is 0. The van der Waals surface area contributed by atoms with Crippen LogP contribution < -0.4 is 10.5 Å². The molecule has 0 spiro atoms. The topological polar surface area (TPSA) is 35.2 Å². The van der Waals surface area contributed by atoms with Gasteiger partial charge in [0.15, 0.2) is 6.61 Å². The minimum Gasteiger partial charge on any atom is -0.486 e. The summed E-state index contributed by atoms with van der Waals surface area (Å²) >= 11 is 0. The van der Waals surface area contributed by atoms with Gasteiger partial charge >= 0.3 is 5.92 Å². The van der Waals surface area contributed by atoms with Gasteiger partial charge in [-0.25, -0.2) is 4.39 Å². The van der Waals surface area contributed by atoms with Crippen LogP contribution >= 0.6 is 0 Å². The SMILES string of the molecule is NCc1c(F)cccc1OCC(F)(F)c1ccccc1. The zero-order chi connectivity index (χ0) is 14.6. The van der Waals surface area contributed by atoms with E-state index in [0.717, 1.165) is 0 Å². The summed E-state index contributed by atoms with van der Waals surface area (Å²) in [6, 6.07) is 11.4. The molecule has 0 amide bonds. The number of rotatable bonds is 5. The fraction of sp³-hybridized carbons (Fsp3) is 0.200. The quantitative estimate of drug-likeness (QED) is 0.911. The molecule has 0 saturated carbocycles. The highest BCUT2D eigenvalue weighted by atomic mass is 19.3. The molecule has 2 rings (SSSR count). The summed E-state index contributed by atoms with van der Waals surface area (Å²) in [4.78, 5) is 0. The van der Waals surface area contributed by atoms with Gasteiger partial charge in [-0.2, -0.15) is 8.78 Å². The predicted molar refractivity (Wildman–Crippen MR) is 70.1 cm³/mol. The van der Waals surface area contributed by atoms with Crippen LogP contribution in [0.4, 0.5) is 13.2 Å². The second kappa shape index (κ2) is 5.96. The monoisotopic (exact) mass is 281 g/mol. The van der Waals surface area contributed by atoms with Gasteiger partial charge in [0.05, 0.1) is 0 Å². The summed E-state index contributed by atoms with van der Waals surface area (Å²) in [6.07, 6.45) is 0. The third-order valence-electron chi connectivity index (χ3n) is 2.89. The number of benzene rings is 2. The maximum atomic E-state index is 13.9. The van der Waals surface area contributed by atoms with Gasteiger partial charge in [0.1, 0.15) is 11.6 Å². The largest absolute Gasteiger partial charge is 0.486 e. The zero-order valence-corrected chi connectivity index (χ0v) is 10.7. The Hall–Kier alpha value is -2.01. The number of alkyl halides is 2. The molecule has 0 radical (unpaired) electrons. The highest BCUT2D eigenvalue weighted by molar-refractivity contribution is 5.34. The minimum absolute atomic E-state index is 0.0445. The fourth-order valence-corrected chi connectivity index (χ4v) is 1.81. The third kappa shape index (κ3) is 3.11. The van der Waals surface area contributed by atoms with Crippen molar-refractivity contribution in [2.75, 3.05) is 6.61 Å². The van der Waals surface area contributed by atoms with E-state index >= 15 is 0 Å². The van der Waals surface area contributed by atoms with Gasteiger partial charge in [0, 0.05) is 17.7 Å². The van der Waals surface area contributed by atoms with Crippen LogP contribution in [0.15, 0.2) is 48.5 Å². The molecule has 0 aromatic heterocycles. The zero-order valence-electron chi connectivity index (χ0n) is 10.7. The molecule has 0 aliphatic carbocycles. The van der Waals surface area contributed by atoms with Gasteiger partial charge < -0.3 is 10.5 Å². The highest BCUT2D eigenvalue weighted by Crippen LogP contribution is 2.30. The molecule has 0 bridgehead atoms. The van der Waals surface area contributed by atoms with Crippen molar-refractivity contribution in [3.05, 3.63) is 65.5 Å². The van der Waals surface area contributed by atoms with Crippen LogP contribution in [0.25, 0.3) is 0 Å².